The minimum Gasteiger partial charge on any atom is -0.461 e. The molecule has 1 aromatic carbocycles. The van der Waals surface area contributed by atoms with Gasteiger partial charge in [-0.2, -0.15) is 0 Å². The van der Waals surface area contributed by atoms with Crippen LogP contribution in [0.5, 0.6) is 0 Å². The van der Waals surface area contributed by atoms with Gasteiger partial charge in [-0.15, -0.1) is 0 Å². The van der Waals surface area contributed by atoms with Crippen LogP contribution in [0.25, 0.3) is 0 Å². The smallest absolute Gasteiger partial charge is 0.313 e. The maximum atomic E-state index is 14.7. The summed E-state index contributed by atoms with van der Waals surface area (Å²) in [5, 5.41) is 10.6. The third-order valence-corrected chi connectivity index (χ3v) is 9.77. The van der Waals surface area contributed by atoms with Crippen LogP contribution in [0.3, 0.4) is 0 Å². The van der Waals surface area contributed by atoms with Crippen LogP contribution in [0, 0.1) is 17.8 Å². The van der Waals surface area contributed by atoms with Gasteiger partial charge in [0.1, 0.15) is 29.8 Å². The highest BCUT2D eigenvalue weighted by Crippen LogP contribution is 2.59. The van der Waals surface area contributed by atoms with E-state index < -0.39 is 41.1 Å². The van der Waals surface area contributed by atoms with E-state index in [0.717, 1.165) is 18.8 Å². The quantitative estimate of drug-likeness (QED) is 0.362. The summed E-state index contributed by atoms with van der Waals surface area (Å²) in [5.41, 5.74) is -0.678. The van der Waals surface area contributed by atoms with E-state index in [2.05, 4.69) is 18.7 Å². The molecule has 41 heavy (non-hydrogen) atoms. The van der Waals surface area contributed by atoms with E-state index in [1.807, 2.05) is 63.3 Å². The van der Waals surface area contributed by atoms with Crippen LogP contribution in [-0.4, -0.2) is 83.9 Å². The van der Waals surface area contributed by atoms with Gasteiger partial charge in [0.05, 0.1) is 18.6 Å². The van der Waals surface area contributed by atoms with Gasteiger partial charge in [-0.05, 0) is 56.5 Å². The lowest BCUT2D eigenvalue weighted by Crippen LogP contribution is -2.60. The highest BCUT2D eigenvalue weighted by atomic mass is 16.6. The van der Waals surface area contributed by atoms with Gasteiger partial charge in [-0.25, -0.2) is 0 Å². The van der Waals surface area contributed by atoms with E-state index in [1.165, 1.54) is 4.90 Å². The third kappa shape index (κ3) is 4.39. The van der Waals surface area contributed by atoms with E-state index in [0.29, 0.717) is 18.5 Å². The van der Waals surface area contributed by atoms with Gasteiger partial charge in [0, 0.05) is 31.0 Å². The summed E-state index contributed by atoms with van der Waals surface area (Å²) < 4.78 is 12.4. The normalized spacial score (nSPS) is 32.1. The first-order valence-corrected chi connectivity index (χ1v) is 15.0. The minimum atomic E-state index is -1.38. The molecular formula is C32H43N3O6. The van der Waals surface area contributed by atoms with Crippen molar-refractivity contribution in [2.24, 2.45) is 17.8 Å². The van der Waals surface area contributed by atoms with Crippen molar-refractivity contribution in [2.45, 2.75) is 70.7 Å². The highest BCUT2D eigenvalue weighted by Gasteiger charge is 2.76. The minimum absolute atomic E-state index is 0.0847. The van der Waals surface area contributed by atoms with Crippen LogP contribution in [0.2, 0.25) is 0 Å². The number of carbonyl (C=O) groups excluding carboxylic acids is 3. The molecule has 0 radical (unpaired) electrons. The number of fused-ring (bicyclic) bond motifs is 2. The topological polar surface area (TPSA) is 99.6 Å². The van der Waals surface area contributed by atoms with Crippen LogP contribution in [0.4, 0.5) is 11.4 Å². The largest absolute Gasteiger partial charge is 0.461 e. The van der Waals surface area contributed by atoms with E-state index in [9.17, 15) is 19.5 Å². The summed E-state index contributed by atoms with van der Waals surface area (Å²) in [6.07, 6.45) is 8.46. The standard InChI is InChI=1S/C32H43N3O6/c1-6-21(5)24(20-36)35-27-29(38)34(23-14-12-22(13-15-23)33(8-3)9-4)18-10-17-32(27)25(28(35)37)26-30(39)40-19-11-16-31(26,7-2)41-32/h10-17,21,24-27,36H,6-9,18-20H2,1-5H3/t21-,24-,25-,26-,27?,31+,32-/m0/s1. The van der Waals surface area contributed by atoms with Crippen LogP contribution < -0.4 is 9.80 Å². The predicted molar refractivity (Wildman–Crippen MR) is 156 cm³/mol. The highest BCUT2D eigenvalue weighted by molar-refractivity contribution is 6.06. The number of ether oxygens (including phenoxy) is 2. The molecule has 1 N–H and O–H groups in total. The maximum absolute atomic E-state index is 14.7. The molecule has 2 fully saturated rings. The lowest BCUT2D eigenvalue weighted by atomic mass is 9.73. The number of nitrogens with zero attached hydrogens (tertiary/aromatic N) is 3. The number of anilines is 2. The van der Waals surface area contributed by atoms with Gasteiger partial charge in [0.25, 0.3) is 5.91 Å². The van der Waals surface area contributed by atoms with Gasteiger partial charge >= 0.3 is 5.97 Å². The molecule has 1 aromatic rings. The number of hydrogen-bond donors (Lipinski definition) is 1. The zero-order valence-electron chi connectivity index (χ0n) is 24.8. The fourth-order valence-electron chi connectivity index (χ4n) is 7.37. The van der Waals surface area contributed by atoms with Gasteiger partial charge in [0.2, 0.25) is 5.91 Å². The number of esters is 1. The van der Waals surface area contributed by atoms with Gasteiger partial charge in [-0.1, -0.05) is 45.4 Å². The van der Waals surface area contributed by atoms with Crippen molar-refractivity contribution in [3.05, 3.63) is 48.6 Å². The number of rotatable bonds is 9. The molecular weight excluding hydrogens is 522 g/mol. The van der Waals surface area contributed by atoms with Crippen molar-refractivity contribution in [3.8, 4) is 0 Å². The Morgan fingerprint density at radius 1 is 1.00 bits per heavy atom. The Kier molecular flexibility index (Phi) is 8.05. The average molecular weight is 566 g/mol. The summed E-state index contributed by atoms with van der Waals surface area (Å²) in [7, 11) is 0. The molecule has 1 unspecified atom stereocenters. The lowest BCUT2D eigenvalue weighted by molar-refractivity contribution is -0.159. The van der Waals surface area contributed by atoms with Gasteiger partial charge in [-0.3, -0.25) is 14.4 Å². The van der Waals surface area contributed by atoms with E-state index >= 15 is 0 Å². The Balaban J connectivity index is 1.64. The molecule has 2 amide bonds. The van der Waals surface area contributed by atoms with E-state index in [4.69, 9.17) is 9.47 Å². The number of aliphatic hydroxyl groups excluding tert-OH is 1. The van der Waals surface area contributed by atoms with Crippen molar-refractivity contribution < 1.29 is 29.0 Å². The molecule has 4 heterocycles. The van der Waals surface area contributed by atoms with Crippen LogP contribution in [-0.2, 0) is 23.9 Å². The lowest BCUT2D eigenvalue weighted by Gasteiger charge is -2.42. The fourth-order valence-corrected chi connectivity index (χ4v) is 7.37. The first-order valence-electron chi connectivity index (χ1n) is 15.0. The number of hydrogen-bond acceptors (Lipinski definition) is 7. The zero-order valence-corrected chi connectivity index (χ0v) is 24.8. The molecule has 0 bridgehead atoms. The van der Waals surface area contributed by atoms with E-state index in [-0.39, 0.29) is 37.5 Å². The van der Waals surface area contributed by atoms with Crippen LogP contribution >= 0.6 is 0 Å². The average Bonchev–Trinajstić information content (AvgIpc) is 3.26. The molecule has 4 aliphatic rings. The molecule has 5 rings (SSSR count). The summed E-state index contributed by atoms with van der Waals surface area (Å²) in [4.78, 5) is 48.1. The summed E-state index contributed by atoms with van der Waals surface area (Å²) in [5.74, 6) is -3.07. The molecule has 1 spiro atoms. The van der Waals surface area contributed by atoms with Crippen molar-refractivity contribution >= 4 is 29.2 Å². The molecule has 0 aliphatic carbocycles. The number of benzene rings is 1. The Labute approximate surface area is 242 Å². The Hall–Kier alpha value is -3.17. The number of aliphatic hydroxyl groups is 1. The molecule has 7 atom stereocenters. The first kappa shape index (κ1) is 29.3. The summed E-state index contributed by atoms with van der Waals surface area (Å²) in [6.45, 7) is 11.9. The summed E-state index contributed by atoms with van der Waals surface area (Å²) in [6, 6.07) is 6.21. The van der Waals surface area contributed by atoms with Gasteiger partial charge < -0.3 is 29.3 Å². The van der Waals surface area contributed by atoms with Gasteiger partial charge in [0.15, 0.2) is 0 Å². The molecule has 9 heteroatoms. The van der Waals surface area contributed by atoms with Crippen molar-refractivity contribution in [2.75, 3.05) is 42.6 Å². The number of cyclic esters (lactones) is 1. The monoisotopic (exact) mass is 565 g/mol. The SMILES string of the molecule is CC[C@H](C)[C@H](CO)N1C(=O)[C@@H]2[C@H]3C(=O)OCC=C[C@@]3(CC)O[C@@]23C=CCN(c2ccc(N(CC)CC)cc2)C(=O)C13. The van der Waals surface area contributed by atoms with Crippen molar-refractivity contribution in [3.63, 3.8) is 0 Å². The number of carbonyl (C=O) groups is 3. The zero-order chi connectivity index (χ0) is 29.5. The molecule has 9 nitrogen and oxygen atoms in total. The Morgan fingerprint density at radius 2 is 1.71 bits per heavy atom. The number of amides is 2. The second kappa shape index (κ2) is 11.2. The van der Waals surface area contributed by atoms with E-state index in [1.54, 1.807) is 11.0 Å². The van der Waals surface area contributed by atoms with Crippen LogP contribution in [0.1, 0.15) is 47.5 Å². The maximum Gasteiger partial charge on any atom is 0.313 e. The molecule has 4 aliphatic heterocycles. The molecule has 222 valence electrons. The second-order valence-corrected chi connectivity index (χ2v) is 11.6. The molecule has 0 saturated carbocycles. The van der Waals surface area contributed by atoms with Crippen molar-refractivity contribution in [1.82, 2.24) is 4.90 Å². The fraction of sp³-hybridized carbons (Fsp3) is 0.594. The third-order valence-electron chi connectivity index (χ3n) is 9.77. The van der Waals surface area contributed by atoms with Crippen LogP contribution in [0.15, 0.2) is 48.6 Å². The second-order valence-electron chi connectivity index (χ2n) is 11.6. The molecule has 2 saturated heterocycles. The van der Waals surface area contributed by atoms with Crippen molar-refractivity contribution in [1.29, 1.82) is 0 Å². The Morgan fingerprint density at radius 3 is 2.32 bits per heavy atom. The summed E-state index contributed by atoms with van der Waals surface area (Å²) >= 11 is 0. The number of likely N-dealkylation sites (tertiary alicyclic amines) is 1. The first-order chi connectivity index (χ1) is 19.7. The predicted octanol–water partition coefficient (Wildman–Crippen LogP) is 3.32. The Bertz CT molecular complexity index is 1230. The molecule has 0 aromatic heterocycles.